The Labute approximate surface area is 198 Å². The van der Waals surface area contributed by atoms with E-state index in [1.54, 1.807) is 0 Å². The first-order valence-electron chi connectivity index (χ1n) is 11.4. The molecule has 0 spiro atoms. The second-order valence-electron chi connectivity index (χ2n) is 7.89. The largest absolute Gasteiger partial charge is 0.245 e. The van der Waals surface area contributed by atoms with Crippen LogP contribution in [-0.2, 0) is 0 Å². The molecule has 0 N–H and O–H groups in total. The molecule has 0 bridgehead atoms. The molecule has 0 aliphatic rings. The normalized spacial score (nSPS) is 12.9. The second-order valence-corrected chi connectivity index (χ2v) is 7.89. The Bertz CT molecular complexity index is 1180. The van der Waals surface area contributed by atoms with E-state index in [1.807, 2.05) is 31.2 Å². The van der Waals surface area contributed by atoms with Gasteiger partial charge in [0.05, 0.1) is 5.70 Å². The average molecular weight is 433 g/mol. The Balaban J connectivity index is 2.07. The first-order valence-corrected chi connectivity index (χ1v) is 11.4. The highest BCUT2D eigenvalue weighted by molar-refractivity contribution is 6.05. The molecule has 3 rings (SSSR count). The molecule has 3 aromatic rings. The zero-order valence-corrected chi connectivity index (χ0v) is 19.8. The Morgan fingerprint density at radius 3 is 2.18 bits per heavy atom. The van der Waals surface area contributed by atoms with Gasteiger partial charge in [-0.2, -0.15) is 0 Å². The average Bonchev–Trinajstić information content (AvgIpc) is 2.85. The highest BCUT2D eigenvalue weighted by Crippen LogP contribution is 2.25. The van der Waals surface area contributed by atoms with E-state index >= 15 is 0 Å². The van der Waals surface area contributed by atoms with Gasteiger partial charge in [0, 0.05) is 5.56 Å². The van der Waals surface area contributed by atoms with Crippen LogP contribution in [-0.4, -0.2) is 12.6 Å². The van der Waals surface area contributed by atoms with Crippen LogP contribution in [0.2, 0.25) is 0 Å². The molecule has 0 aromatic heterocycles. The van der Waals surface area contributed by atoms with Crippen molar-refractivity contribution in [1.82, 2.24) is 0 Å². The van der Waals surface area contributed by atoms with Gasteiger partial charge < -0.3 is 0 Å². The fourth-order valence-corrected chi connectivity index (χ4v) is 3.76. The Hall–Kier alpha value is -3.78. The Morgan fingerprint density at radius 2 is 1.55 bits per heavy atom. The fraction of sp³-hybridized carbons (Fsp3) is 0.161. The van der Waals surface area contributed by atoms with Crippen LogP contribution in [0.1, 0.15) is 43.4 Å². The van der Waals surface area contributed by atoms with Gasteiger partial charge in [0.25, 0.3) is 0 Å². The third kappa shape index (κ3) is 6.85. The molecule has 2 heteroatoms. The number of amidine groups is 1. The summed E-state index contributed by atoms with van der Waals surface area (Å²) >= 11 is 0. The number of hydrogen-bond donors (Lipinski definition) is 0. The van der Waals surface area contributed by atoms with E-state index in [-0.39, 0.29) is 0 Å². The van der Waals surface area contributed by atoms with Gasteiger partial charge in [-0.3, -0.25) is 0 Å². The van der Waals surface area contributed by atoms with Crippen molar-refractivity contribution in [3.63, 3.8) is 0 Å². The lowest BCUT2D eigenvalue weighted by molar-refractivity contribution is 1.16. The van der Waals surface area contributed by atoms with Crippen molar-refractivity contribution >= 4 is 18.3 Å². The van der Waals surface area contributed by atoms with E-state index < -0.39 is 0 Å². The zero-order valence-electron chi connectivity index (χ0n) is 19.8. The molecule has 0 unspecified atom stereocenters. The topological polar surface area (TPSA) is 24.7 Å². The van der Waals surface area contributed by atoms with Crippen LogP contribution in [0.3, 0.4) is 0 Å². The van der Waals surface area contributed by atoms with Crippen LogP contribution in [0, 0.1) is 6.92 Å². The molecule has 3 aromatic carbocycles. The molecule has 0 heterocycles. The quantitative estimate of drug-likeness (QED) is 0.194. The SMILES string of the molecule is C=NC(=N/C(=C\CC(/C=C\C)=C/CC)c1ccccc1)c1cc(C)cc(-c2ccccc2)c1. The minimum Gasteiger partial charge on any atom is -0.245 e. The fourth-order valence-electron chi connectivity index (χ4n) is 3.76. The molecule has 0 aliphatic carbocycles. The highest BCUT2D eigenvalue weighted by atomic mass is 14.9. The van der Waals surface area contributed by atoms with Crippen LogP contribution >= 0.6 is 0 Å². The number of nitrogens with zero attached hydrogens (tertiary/aromatic N) is 2. The Kier molecular flexibility index (Phi) is 8.90. The predicted octanol–water partition coefficient (Wildman–Crippen LogP) is 8.45. The molecule has 0 amide bonds. The van der Waals surface area contributed by atoms with Gasteiger partial charge in [-0.25, -0.2) is 9.98 Å². The zero-order chi connectivity index (χ0) is 23.5. The van der Waals surface area contributed by atoms with E-state index in [0.717, 1.165) is 40.8 Å². The van der Waals surface area contributed by atoms with E-state index in [0.29, 0.717) is 5.84 Å². The van der Waals surface area contributed by atoms with Crippen LogP contribution in [0.15, 0.2) is 119 Å². The molecule has 0 fully saturated rings. The maximum Gasteiger partial charge on any atom is 0.159 e. The van der Waals surface area contributed by atoms with E-state index in [4.69, 9.17) is 4.99 Å². The van der Waals surface area contributed by atoms with Crippen LogP contribution in [0.4, 0.5) is 0 Å². The lowest BCUT2D eigenvalue weighted by Gasteiger charge is -2.10. The van der Waals surface area contributed by atoms with E-state index in [9.17, 15) is 0 Å². The molecule has 33 heavy (non-hydrogen) atoms. The molecule has 0 atom stereocenters. The van der Waals surface area contributed by atoms with Gasteiger partial charge in [0.1, 0.15) is 0 Å². The van der Waals surface area contributed by atoms with Gasteiger partial charge in [-0.05, 0) is 73.4 Å². The van der Waals surface area contributed by atoms with Crippen molar-refractivity contribution in [2.45, 2.75) is 33.6 Å². The summed E-state index contributed by atoms with van der Waals surface area (Å²) in [7, 11) is 0. The van der Waals surface area contributed by atoms with Crippen molar-refractivity contribution < 1.29 is 0 Å². The highest BCUT2D eigenvalue weighted by Gasteiger charge is 2.09. The van der Waals surface area contributed by atoms with Crippen molar-refractivity contribution in [1.29, 1.82) is 0 Å². The predicted molar refractivity (Wildman–Crippen MR) is 145 cm³/mol. The minimum absolute atomic E-state index is 0.623. The lowest BCUT2D eigenvalue weighted by atomic mass is 9.99. The van der Waals surface area contributed by atoms with Crippen molar-refractivity contribution in [2.75, 3.05) is 0 Å². The molecular weight excluding hydrogens is 400 g/mol. The third-order valence-corrected chi connectivity index (χ3v) is 5.27. The summed E-state index contributed by atoms with van der Waals surface area (Å²) in [6.07, 6.45) is 10.5. The third-order valence-electron chi connectivity index (χ3n) is 5.27. The van der Waals surface area contributed by atoms with Gasteiger partial charge in [-0.1, -0.05) is 98.0 Å². The van der Waals surface area contributed by atoms with Gasteiger partial charge in [0.15, 0.2) is 5.84 Å². The second kappa shape index (κ2) is 12.3. The number of hydrogen-bond acceptors (Lipinski definition) is 1. The maximum atomic E-state index is 5.00. The number of aliphatic imine (C=N–C) groups is 2. The van der Waals surface area contributed by atoms with Crippen molar-refractivity contribution in [3.05, 3.63) is 125 Å². The standard InChI is InChI=1S/C31H32N2/c1-5-13-25(14-6-2)19-20-30(27-17-11-8-12-18-27)33-31(32-4)29-22-24(3)21-28(23-29)26-15-9-7-10-16-26/h5,7-18,20-23H,4,6,19H2,1-3H3/b13-5-,25-14+,30-20-,33-31?. The summed E-state index contributed by atoms with van der Waals surface area (Å²) in [5.74, 6) is 0.623. The molecule has 166 valence electrons. The lowest BCUT2D eigenvalue weighted by Crippen LogP contribution is -1.99. The summed E-state index contributed by atoms with van der Waals surface area (Å²) in [6, 6.07) is 27.1. The summed E-state index contributed by atoms with van der Waals surface area (Å²) in [6.45, 7) is 10.1. The van der Waals surface area contributed by atoms with Crippen LogP contribution < -0.4 is 0 Å². The van der Waals surface area contributed by atoms with Gasteiger partial charge in [-0.15, -0.1) is 0 Å². The number of rotatable bonds is 8. The summed E-state index contributed by atoms with van der Waals surface area (Å²) in [4.78, 5) is 9.33. The van der Waals surface area contributed by atoms with E-state index in [1.165, 1.54) is 11.1 Å². The first-order chi connectivity index (χ1) is 16.1. The summed E-state index contributed by atoms with van der Waals surface area (Å²) in [5.41, 5.74) is 7.67. The molecule has 0 saturated heterocycles. The molecule has 2 nitrogen and oxygen atoms in total. The van der Waals surface area contributed by atoms with E-state index in [2.05, 4.69) is 104 Å². The smallest absolute Gasteiger partial charge is 0.159 e. The maximum absolute atomic E-state index is 5.00. The minimum atomic E-state index is 0.623. The summed E-state index contributed by atoms with van der Waals surface area (Å²) in [5, 5.41) is 0. The number of aryl methyl sites for hydroxylation is 1. The molecule has 0 radical (unpaired) electrons. The number of benzene rings is 3. The van der Waals surface area contributed by atoms with Crippen molar-refractivity contribution in [3.8, 4) is 11.1 Å². The molecule has 0 saturated carbocycles. The number of allylic oxidation sites excluding steroid dienone is 5. The molecular formula is C31H32N2. The van der Waals surface area contributed by atoms with Gasteiger partial charge >= 0.3 is 0 Å². The monoisotopic (exact) mass is 432 g/mol. The summed E-state index contributed by atoms with van der Waals surface area (Å²) < 4.78 is 0. The van der Waals surface area contributed by atoms with Crippen LogP contribution in [0.25, 0.3) is 16.8 Å². The van der Waals surface area contributed by atoms with Crippen molar-refractivity contribution in [2.24, 2.45) is 9.98 Å². The van der Waals surface area contributed by atoms with Crippen LogP contribution in [0.5, 0.6) is 0 Å². The van der Waals surface area contributed by atoms with Gasteiger partial charge in [0.2, 0.25) is 0 Å². The molecule has 0 aliphatic heterocycles. The first kappa shape index (κ1) is 23.9. The Morgan fingerprint density at radius 1 is 0.848 bits per heavy atom.